The highest BCUT2D eigenvalue weighted by Crippen LogP contribution is 2.15. The summed E-state index contributed by atoms with van der Waals surface area (Å²) in [6.07, 6.45) is 0. The lowest BCUT2D eigenvalue weighted by molar-refractivity contribution is -0.120. The van der Waals surface area contributed by atoms with Crippen LogP contribution in [0.4, 0.5) is 0 Å². The number of nitrogens with zero attached hydrogens (tertiary/aromatic N) is 1. The minimum atomic E-state index is -0.424. The van der Waals surface area contributed by atoms with Gasteiger partial charge < -0.3 is 9.64 Å². The van der Waals surface area contributed by atoms with Crippen LogP contribution in [0, 0.1) is 17.3 Å². The van der Waals surface area contributed by atoms with Crippen molar-refractivity contribution in [2.24, 2.45) is 5.41 Å². The molecule has 0 aliphatic heterocycles. The average molecular weight is 273 g/mol. The largest absolute Gasteiger partial charge is 0.492 e. The van der Waals surface area contributed by atoms with E-state index < -0.39 is 5.41 Å². The third-order valence-electron chi connectivity index (χ3n) is 2.64. The van der Waals surface area contributed by atoms with Gasteiger partial charge in [-0.25, -0.2) is 0 Å². The monoisotopic (exact) mass is 273 g/mol. The van der Waals surface area contributed by atoms with Gasteiger partial charge in [0.15, 0.2) is 0 Å². The summed E-state index contributed by atoms with van der Waals surface area (Å²) in [5.41, 5.74) is 0.372. The summed E-state index contributed by atoms with van der Waals surface area (Å²) in [6.45, 7) is 7.09. The van der Waals surface area contributed by atoms with Gasteiger partial charge in [0.05, 0.1) is 0 Å². The Morgan fingerprint density at radius 2 is 2.00 bits per heavy atom. The molecule has 0 spiro atoms. The molecule has 1 aromatic carbocycles. The Morgan fingerprint density at radius 3 is 2.60 bits per heavy atom. The van der Waals surface area contributed by atoms with Gasteiger partial charge in [-0.2, -0.15) is 0 Å². The third kappa shape index (κ3) is 5.90. The number of hydrogen-bond donors (Lipinski definition) is 0. The number of rotatable bonds is 4. The molecule has 3 heteroatoms. The number of hydrogen-bond acceptors (Lipinski definition) is 3. The molecule has 1 rings (SSSR count). The fraction of sp³-hybridized carbons (Fsp3) is 0.471. The van der Waals surface area contributed by atoms with Gasteiger partial charge in [0.2, 0.25) is 5.78 Å². The van der Waals surface area contributed by atoms with Gasteiger partial charge in [0.25, 0.3) is 0 Å². The molecule has 0 saturated carbocycles. The van der Waals surface area contributed by atoms with E-state index in [-0.39, 0.29) is 5.78 Å². The van der Waals surface area contributed by atoms with Crippen molar-refractivity contribution < 1.29 is 9.53 Å². The molecule has 20 heavy (non-hydrogen) atoms. The highest BCUT2D eigenvalue weighted by Gasteiger charge is 2.18. The van der Waals surface area contributed by atoms with E-state index in [9.17, 15) is 4.79 Å². The maximum atomic E-state index is 11.8. The van der Waals surface area contributed by atoms with Crippen LogP contribution >= 0.6 is 0 Å². The molecule has 0 atom stereocenters. The van der Waals surface area contributed by atoms with Crippen LogP contribution in [0.3, 0.4) is 0 Å². The van der Waals surface area contributed by atoms with Crippen molar-refractivity contribution in [3.8, 4) is 17.6 Å². The van der Waals surface area contributed by atoms with E-state index in [1.54, 1.807) is 0 Å². The van der Waals surface area contributed by atoms with E-state index in [2.05, 4.69) is 16.7 Å². The molecule has 0 fully saturated rings. The number of carbonyl (C=O) groups excluding carboxylic acids is 1. The van der Waals surface area contributed by atoms with Crippen molar-refractivity contribution >= 4 is 5.78 Å². The number of ether oxygens (including phenoxy) is 1. The number of likely N-dealkylation sites (N-methyl/N-ethyl adjacent to an activating group) is 1. The molecular weight excluding hydrogens is 250 g/mol. The first-order chi connectivity index (χ1) is 9.29. The second-order valence-corrected chi connectivity index (χ2v) is 6.01. The summed E-state index contributed by atoms with van der Waals surface area (Å²) < 4.78 is 5.64. The van der Waals surface area contributed by atoms with E-state index in [1.165, 1.54) is 0 Å². The third-order valence-corrected chi connectivity index (χ3v) is 2.64. The fourth-order valence-electron chi connectivity index (χ4n) is 1.33. The first kappa shape index (κ1) is 16.3. The molecule has 0 aliphatic carbocycles. The van der Waals surface area contributed by atoms with Crippen molar-refractivity contribution in [2.45, 2.75) is 20.8 Å². The number of Topliss-reactive ketones (excluding diaryl/α,β-unsaturated/α-hetero) is 1. The van der Waals surface area contributed by atoms with Crippen molar-refractivity contribution in [3.05, 3.63) is 29.8 Å². The van der Waals surface area contributed by atoms with Crippen LogP contribution in [-0.4, -0.2) is 37.9 Å². The van der Waals surface area contributed by atoms with Gasteiger partial charge in [-0.15, -0.1) is 0 Å². The fourth-order valence-corrected chi connectivity index (χ4v) is 1.33. The Balaban J connectivity index is 2.69. The minimum absolute atomic E-state index is 0.0589. The molecule has 0 saturated heterocycles. The lowest BCUT2D eigenvalue weighted by Gasteiger charge is -2.11. The molecule has 3 nitrogen and oxygen atoms in total. The molecule has 1 aromatic rings. The van der Waals surface area contributed by atoms with Crippen molar-refractivity contribution in [1.82, 2.24) is 4.90 Å². The predicted octanol–water partition coefficient (Wildman–Crippen LogP) is 2.59. The second-order valence-electron chi connectivity index (χ2n) is 6.01. The zero-order valence-corrected chi connectivity index (χ0v) is 13.0. The summed E-state index contributed by atoms with van der Waals surface area (Å²) in [4.78, 5) is 13.8. The van der Waals surface area contributed by atoms with E-state index in [4.69, 9.17) is 4.74 Å². The molecule has 0 heterocycles. The topological polar surface area (TPSA) is 29.5 Å². The molecule has 0 bridgehead atoms. The first-order valence-electron chi connectivity index (χ1n) is 6.73. The molecule has 0 aliphatic rings. The molecule has 0 N–H and O–H groups in total. The second kappa shape index (κ2) is 7.12. The number of ketones is 1. The van der Waals surface area contributed by atoms with Crippen LogP contribution in [0.5, 0.6) is 5.75 Å². The smallest absolute Gasteiger partial charge is 0.211 e. The summed E-state index contributed by atoms with van der Waals surface area (Å²) in [5, 5.41) is 0. The van der Waals surface area contributed by atoms with Crippen molar-refractivity contribution in [3.63, 3.8) is 0 Å². The molecular formula is C17H23NO2. The summed E-state index contributed by atoms with van der Waals surface area (Å²) in [7, 11) is 4.01. The maximum Gasteiger partial charge on any atom is 0.211 e. The summed E-state index contributed by atoms with van der Waals surface area (Å²) >= 11 is 0. The van der Waals surface area contributed by atoms with Crippen LogP contribution < -0.4 is 4.74 Å². The van der Waals surface area contributed by atoms with Crippen LogP contribution in [-0.2, 0) is 4.79 Å². The van der Waals surface area contributed by atoms with Crippen LogP contribution in [0.25, 0.3) is 0 Å². The first-order valence-corrected chi connectivity index (χ1v) is 6.73. The summed E-state index contributed by atoms with van der Waals surface area (Å²) in [6, 6.07) is 7.52. The van der Waals surface area contributed by atoms with Crippen LogP contribution in [0.15, 0.2) is 24.3 Å². The zero-order chi connectivity index (χ0) is 15.2. The zero-order valence-electron chi connectivity index (χ0n) is 13.0. The van der Waals surface area contributed by atoms with Crippen molar-refractivity contribution in [1.29, 1.82) is 0 Å². The molecule has 108 valence electrons. The Labute approximate surface area is 121 Å². The van der Waals surface area contributed by atoms with Gasteiger partial charge in [0.1, 0.15) is 12.4 Å². The highest BCUT2D eigenvalue weighted by molar-refractivity contribution is 5.99. The van der Waals surface area contributed by atoms with E-state index >= 15 is 0 Å². The van der Waals surface area contributed by atoms with Crippen LogP contribution in [0.1, 0.15) is 26.3 Å². The Morgan fingerprint density at radius 1 is 1.30 bits per heavy atom. The van der Waals surface area contributed by atoms with Gasteiger partial charge in [0, 0.05) is 17.5 Å². The number of carbonyl (C=O) groups is 1. The Kier molecular flexibility index (Phi) is 5.79. The van der Waals surface area contributed by atoms with E-state index in [0.717, 1.165) is 17.9 Å². The molecule has 0 radical (unpaired) electrons. The normalized spacial score (nSPS) is 10.9. The average Bonchev–Trinajstić information content (AvgIpc) is 2.35. The van der Waals surface area contributed by atoms with Gasteiger partial charge in [-0.1, -0.05) is 32.8 Å². The lowest BCUT2D eigenvalue weighted by atomic mass is 9.91. The minimum Gasteiger partial charge on any atom is -0.492 e. The summed E-state index contributed by atoms with van der Waals surface area (Å²) in [5.74, 6) is 6.31. The van der Waals surface area contributed by atoms with E-state index in [0.29, 0.717) is 6.61 Å². The predicted molar refractivity (Wildman–Crippen MR) is 81.8 cm³/mol. The standard InChI is InChI=1S/C17H23NO2/c1-17(2,3)16(19)10-9-14-7-6-8-15(13-14)20-12-11-18(4)5/h6-8,13H,11-12H2,1-5H3. The quantitative estimate of drug-likeness (QED) is 0.790. The maximum absolute atomic E-state index is 11.8. The van der Waals surface area contributed by atoms with Gasteiger partial charge in [-0.3, -0.25) is 4.79 Å². The lowest BCUT2D eigenvalue weighted by Crippen LogP contribution is -2.19. The molecule has 0 unspecified atom stereocenters. The van der Waals surface area contributed by atoms with E-state index in [1.807, 2.05) is 59.1 Å². The molecule has 0 aromatic heterocycles. The van der Waals surface area contributed by atoms with Crippen molar-refractivity contribution in [2.75, 3.05) is 27.2 Å². The Bertz CT molecular complexity index is 516. The molecule has 0 amide bonds. The Hall–Kier alpha value is -1.79. The van der Waals surface area contributed by atoms with Crippen LogP contribution in [0.2, 0.25) is 0 Å². The van der Waals surface area contributed by atoms with Gasteiger partial charge >= 0.3 is 0 Å². The number of benzene rings is 1. The SMILES string of the molecule is CN(C)CCOc1cccc(C#CC(=O)C(C)(C)C)c1. The highest BCUT2D eigenvalue weighted by atomic mass is 16.5. The van der Waals surface area contributed by atoms with Gasteiger partial charge in [-0.05, 0) is 38.2 Å².